The maximum absolute atomic E-state index is 13.9. The molecule has 0 fully saturated rings. The largest absolute Gasteiger partial charge is 0.381 e. The topological polar surface area (TPSA) is 167 Å². The number of amides is 3. The minimum absolute atomic E-state index is 0.0526. The lowest BCUT2D eigenvalue weighted by molar-refractivity contribution is 0.0984. The van der Waals surface area contributed by atoms with E-state index >= 15 is 0 Å². The first kappa shape index (κ1) is 33.4. The lowest BCUT2D eigenvalue weighted by atomic mass is 9.99. The van der Waals surface area contributed by atoms with Crippen LogP contribution in [0.4, 0.5) is 15.8 Å². The number of rotatable bonds is 6. The van der Waals surface area contributed by atoms with Gasteiger partial charge in [-0.15, -0.1) is 0 Å². The van der Waals surface area contributed by atoms with Gasteiger partial charge in [0.2, 0.25) is 0 Å². The molecule has 0 saturated heterocycles. The molecule has 0 aliphatic carbocycles. The number of primary amides is 1. The van der Waals surface area contributed by atoms with Gasteiger partial charge in [0, 0.05) is 35.2 Å². The summed E-state index contributed by atoms with van der Waals surface area (Å²) in [5.74, 6) is -2.19. The Morgan fingerprint density at radius 2 is 1.68 bits per heavy atom. The van der Waals surface area contributed by atoms with E-state index in [1.807, 2.05) is 20.8 Å². The highest BCUT2D eigenvalue weighted by Crippen LogP contribution is 2.41. The average molecular weight is 605 g/mol. The third-order valence-electron chi connectivity index (χ3n) is 6.93. The van der Waals surface area contributed by atoms with Gasteiger partial charge in [-0.05, 0) is 69.3 Å². The molecule has 3 amide bonds. The van der Waals surface area contributed by atoms with Crippen LogP contribution < -0.4 is 27.2 Å². The SMILES string of the molecule is CC.CCC1c2c(cc(C)nc2C(=O)Nc2ccc(F)c(C(N)=O)c2)C(=O)N1c1ccc(-c2c(C)on(C)c2=O)cc1.CN. The van der Waals surface area contributed by atoms with Crippen LogP contribution in [-0.2, 0) is 7.05 Å². The van der Waals surface area contributed by atoms with Gasteiger partial charge in [-0.3, -0.25) is 19.2 Å². The van der Waals surface area contributed by atoms with Crippen LogP contribution in [0.25, 0.3) is 11.1 Å². The minimum atomic E-state index is -0.968. The fourth-order valence-electron chi connectivity index (χ4n) is 5.15. The van der Waals surface area contributed by atoms with E-state index in [9.17, 15) is 23.6 Å². The zero-order valence-electron chi connectivity index (χ0n) is 25.8. The average Bonchev–Trinajstić information content (AvgIpc) is 3.45. The Hall–Kier alpha value is -5.10. The molecule has 5 N–H and O–H groups in total. The Morgan fingerprint density at radius 1 is 1.05 bits per heavy atom. The van der Waals surface area contributed by atoms with Crippen molar-refractivity contribution in [2.45, 2.75) is 47.1 Å². The van der Waals surface area contributed by atoms with E-state index in [4.69, 9.17) is 10.3 Å². The molecule has 2 aromatic heterocycles. The minimum Gasteiger partial charge on any atom is -0.381 e. The molecule has 11 nitrogen and oxygen atoms in total. The second kappa shape index (κ2) is 13.9. The summed E-state index contributed by atoms with van der Waals surface area (Å²) in [4.78, 5) is 57.2. The Labute approximate surface area is 254 Å². The highest BCUT2D eigenvalue weighted by molar-refractivity contribution is 6.15. The first-order valence-electron chi connectivity index (χ1n) is 14.1. The number of nitrogens with one attached hydrogen (secondary N) is 1. The number of benzene rings is 2. The van der Waals surface area contributed by atoms with Crippen LogP contribution in [0.5, 0.6) is 0 Å². The predicted molar refractivity (Wildman–Crippen MR) is 167 cm³/mol. The van der Waals surface area contributed by atoms with Crippen molar-refractivity contribution < 1.29 is 23.3 Å². The van der Waals surface area contributed by atoms with Crippen molar-refractivity contribution in [3.63, 3.8) is 0 Å². The third-order valence-corrected chi connectivity index (χ3v) is 6.93. The zero-order chi connectivity index (χ0) is 32.9. The Balaban J connectivity index is 0.00000127. The number of hydrogen-bond donors (Lipinski definition) is 3. The van der Waals surface area contributed by atoms with Crippen molar-refractivity contribution in [2.75, 3.05) is 17.3 Å². The summed E-state index contributed by atoms with van der Waals surface area (Å²) in [6.45, 7) is 9.29. The molecule has 2 aromatic carbocycles. The normalized spacial score (nSPS) is 13.3. The third kappa shape index (κ3) is 6.16. The number of hydrogen-bond acceptors (Lipinski definition) is 7. The smallest absolute Gasteiger partial charge is 0.290 e. The molecule has 0 spiro atoms. The summed E-state index contributed by atoms with van der Waals surface area (Å²) < 4.78 is 20.5. The molecule has 1 aliphatic heterocycles. The Morgan fingerprint density at radius 3 is 2.23 bits per heavy atom. The van der Waals surface area contributed by atoms with Crippen LogP contribution in [-0.4, -0.2) is 34.5 Å². The summed E-state index contributed by atoms with van der Waals surface area (Å²) in [5.41, 5.74) is 12.3. The molecule has 1 aliphatic rings. The second-order valence-electron chi connectivity index (χ2n) is 9.56. The second-order valence-corrected chi connectivity index (χ2v) is 9.56. The molecule has 4 aromatic rings. The summed E-state index contributed by atoms with van der Waals surface area (Å²) in [6.07, 6.45) is 0.481. The van der Waals surface area contributed by atoms with Gasteiger partial charge >= 0.3 is 0 Å². The summed E-state index contributed by atoms with van der Waals surface area (Å²) in [7, 11) is 3.04. The quantitative estimate of drug-likeness (QED) is 0.283. The van der Waals surface area contributed by atoms with E-state index in [1.165, 1.54) is 20.2 Å². The molecule has 5 rings (SSSR count). The molecular weight excluding hydrogens is 567 g/mol. The van der Waals surface area contributed by atoms with Gasteiger partial charge in [-0.25, -0.2) is 9.37 Å². The van der Waals surface area contributed by atoms with Crippen molar-refractivity contribution in [2.24, 2.45) is 18.5 Å². The number of aryl methyl sites for hydroxylation is 3. The molecular formula is C32H37FN6O5. The first-order chi connectivity index (χ1) is 21.0. The number of nitrogens with two attached hydrogens (primary N) is 2. The van der Waals surface area contributed by atoms with Gasteiger partial charge in [0.05, 0.1) is 17.2 Å². The Kier molecular flexibility index (Phi) is 10.6. The molecule has 44 heavy (non-hydrogen) atoms. The van der Waals surface area contributed by atoms with Crippen LogP contribution in [0, 0.1) is 19.7 Å². The number of pyridine rings is 1. The number of aromatic nitrogens is 2. The first-order valence-corrected chi connectivity index (χ1v) is 14.1. The molecule has 1 atom stereocenters. The van der Waals surface area contributed by atoms with Gasteiger partial charge in [0.15, 0.2) is 0 Å². The van der Waals surface area contributed by atoms with E-state index in [1.54, 1.807) is 49.1 Å². The van der Waals surface area contributed by atoms with Crippen molar-refractivity contribution in [1.29, 1.82) is 0 Å². The highest BCUT2D eigenvalue weighted by Gasteiger charge is 2.40. The molecule has 3 heterocycles. The van der Waals surface area contributed by atoms with E-state index in [2.05, 4.69) is 16.0 Å². The summed E-state index contributed by atoms with van der Waals surface area (Å²) >= 11 is 0. The van der Waals surface area contributed by atoms with Gasteiger partial charge in [0.1, 0.15) is 17.3 Å². The van der Waals surface area contributed by atoms with E-state index in [-0.39, 0.29) is 28.4 Å². The lowest BCUT2D eigenvalue weighted by Crippen LogP contribution is -2.28. The maximum Gasteiger partial charge on any atom is 0.290 e. The van der Waals surface area contributed by atoms with Gasteiger partial charge in [-0.2, -0.15) is 4.74 Å². The van der Waals surface area contributed by atoms with Gasteiger partial charge < -0.3 is 26.2 Å². The Bertz CT molecular complexity index is 1760. The lowest BCUT2D eigenvalue weighted by Gasteiger charge is -2.25. The molecule has 0 bridgehead atoms. The number of nitrogens with zero attached hydrogens (tertiary/aromatic N) is 3. The van der Waals surface area contributed by atoms with E-state index in [0.29, 0.717) is 45.8 Å². The number of carbonyl (C=O) groups is 3. The molecule has 232 valence electrons. The number of fused-ring (bicyclic) bond motifs is 1. The van der Waals surface area contributed by atoms with Crippen molar-refractivity contribution in [3.8, 4) is 11.1 Å². The van der Waals surface area contributed by atoms with Crippen LogP contribution >= 0.6 is 0 Å². The van der Waals surface area contributed by atoms with Gasteiger partial charge in [0.25, 0.3) is 23.3 Å². The fraction of sp³-hybridized carbons (Fsp3) is 0.281. The highest BCUT2D eigenvalue weighted by atomic mass is 19.1. The van der Waals surface area contributed by atoms with Gasteiger partial charge in [-0.1, -0.05) is 32.9 Å². The van der Waals surface area contributed by atoms with Crippen LogP contribution in [0.3, 0.4) is 0 Å². The standard InChI is InChI=1S/C29H26FN5O5.C2H6.CH5N/c1-5-22-24-20(12-14(2)32-25(24)27(37)33-17-8-11-21(30)19(13-17)26(31)36)28(38)35(22)18-9-6-16(7-10-18)23-15(3)40-34(4)29(23)39;2*1-2/h6-13,22H,5H2,1-4H3,(H2,31,36)(H,33,37);1-2H3;2H2,1H3. The predicted octanol–water partition coefficient (Wildman–Crippen LogP) is 4.86. The fourth-order valence-corrected chi connectivity index (χ4v) is 5.15. The van der Waals surface area contributed by atoms with Crippen LogP contribution in [0.2, 0.25) is 0 Å². The number of halogens is 1. The van der Waals surface area contributed by atoms with Crippen molar-refractivity contribution >= 4 is 29.1 Å². The van der Waals surface area contributed by atoms with E-state index < -0.39 is 23.7 Å². The monoisotopic (exact) mass is 604 g/mol. The van der Waals surface area contributed by atoms with Crippen LogP contribution in [0.15, 0.2) is 57.8 Å². The zero-order valence-corrected chi connectivity index (χ0v) is 25.8. The number of anilines is 2. The molecule has 1 unspecified atom stereocenters. The van der Waals surface area contributed by atoms with E-state index in [0.717, 1.165) is 16.9 Å². The molecule has 0 radical (unpaired) electrons. The number of carbonyl (C=O) groups excluding carboxylic acids is 3. The molecule has 12 heteroatoms. The maximum atomic E-state index is 13.9. The summed E-state index contributed by atoms with van der Waals surface area (Å²) in [6, 6.07) is 11.6. The summed E-state index contributed by atoms with van der Waals surface area (Å²) in [5, 5.41) is 2.64. The van der Waals surface area contributed by atoms with Crippen LogP contribution in [0.1, 0.15) is 81.5 Å². The van der Waals surface area contributed by atoms with Crippen molar-refractivity contribution in [1.82, 2.24) is 9.72 Å². The molecule has 0 saturated carbocycles. The van der Waals surface area contributed by atoms with Crippen molar-refractivity contribution in [3.05, 3.63) is 98.5 Å².